The van der Waals surface area contributed by atoms with E-state index >= 15 is 0 Å². The predicted molar refractivity (Wildman–Crippen MR) is 151 cm³/mol. The highest BCUT2D eigenvalue weighted by molar-refractivity contribution is 5.78. The van der Waals surface area contributed by atoms with Crippen molar-refractivity contribution < 1.29 is 0 Å². The van der Waals surface area contributed by atoms with Crippen LogP contribution in [-0.2, 0) is 0 Å². The summed E-state index contributed by atoms with van der Waals surface area (Å²) in [5.74, 6) is 0. The van der Waals surface area contributed by atoms with Gasteiger partial charge in [0.05, 0.1) is 5.69 Å². The molecule has 5 aromatic carbocycles. The average Bonchev–Trinajstić information content (AvgIpc) is 2.98. The van der Waals surface area contributed by atoms with E-state index in [9.17, 15) is 0 Å². The predicted octanol–water partition coefficient (Wildman–Crippen LogP) is 9.42. The summed E-state index contributed by atoms with van der Waals surface area (Å²) in [5.41, 5.74) is 11.8. The van der Waals surface area contributed by atoms with E-state index in [4.69, 9.17) is 0 Å². The van der Waals surface area contributed by atoms with Crippen molar-refractivity contribution in [2.24, 2.45) is 0 Å². The van der Waals surface area contributed by atoms with E-state index in [-0.39, 0.29) is 0 Å². The first-order valence-corrected chi connectivity index (χ1v) is 12.2. The molecule has 0 atom stereocenters. The molecular formula is C35H25N. The number of aromatic nitrogens is 1. The molecular weight excluding hydrogens is 434 g/mol. The second-order valence-corrected chi connectivity index (χ2v) is 8.90. The minimum Gasteiger partial charge on any atom is -0.256 e. The molecule has 0 bridgehead atoms. The van der Waals surface area contributed by atoms with Gasteiger partial charge >= 0.3 is 0 Å². The number of benzene rings is 5. The molecule has 1 aromatic heterocycles. The molecule has 1 heterocycles. The van der Waals surface area contributed by atoms with Gasteiger partial charge in [0.15, 0.2) is 0 Å². The Balaban J connectivity index is 1.28. The van der Waals surface area contributed by atoms with Gasteiger partial charge < -0.3 is 0 Å². The van der Waals surface area contributed by atoms with Gasteiger partial charge in [0, 0.05) is 11.8 Å². The molecule has 0 saturated heterocycles. The van der Waals surface area contributed by atoms with Gasteiger partial charge in [0.2, 0.25) is 0 Å². The first kappa shape index (κ1) is 21.8. The summed E-state index contributed by atoms with van der Waals surface area (Å²) in [4.78, 5) is 4.49. The largest absolute Gasteiger partial charge is 0.256 e. The minimum atomic E-state index is 0.990. The fourth-order valence-electron chi connectivity index (χ4n) is 4.63. The number of nitrogens with zero attached hydrogens (tertiary/aromatic N) is 1. The zero-order chi connectivity index (χ0) is 24.2. The standard InChI is InChI=1S/C35H25N/c1-2-9-26(10-3-1)29-11-6-14-32(23-29)33-15-7-12-30(24-33)27-18-20-28(21-19-27)31-13-8-16-34(25-31)35-17-4-5-22-36-35/h1-25H. The van der Waals surface area contributed by atoms with E-state index in [0.717, 1.165) is 11.3 Å². The summed E-state index contributed by atoms with van der Waals surface area (Å²) in [6, 6.07) is 51.5. The van der Waals surface area contributed by atoms with Crippen LogP contribution in [-0.4, -0.2) is 4.98 Å². The van der Waals surface area contributed by atoms with E-state index in [1.165, 1.54) is 44.5 Å². The number of hydrogen-bond acceptors (Lipinski definition) is 1. The van der Waals surface area contributed by atoms with Crippen LogP contribution in [0, 0.1) is 0 Å². The van der Waals surface area contributed by atoms with Crippen LogP contribution in [0.25, 0.3) is 55.8 Å². The van der Waals surface area contributed by atoms with Crippen LogP contribution >= 0.6 is 0 Å². The molecule has 0 amide bonds. The van der Waals surface area contributed by atoms with Crippen LogP contribution in [0.1, 0.15) is 0 Å². The monoisotopic (exact) mass is 459 g/mol. The van der Waals surface area contributed by atoms with Gasteiger partial charge in [-0.3, -0.25) is 4.98 Å². The fourth-order valence-corrected chi connectivity index (χ4v) is 4.63. The normalized spacial score (nSPS) is 10.8. The first-order valence-electron chi connectivity index (χ1n) is 12.2. The van der Waals surface area contributed by atoms with E-state index in [1.807, 2.05) is 24.4 Å². The molecule has 0 spiro atoms. The van der Waals surface area contributed by atoms with Gasteiger partial charge in [0.1, 0.15) is 0 Å². The van der Waals surface area contributed by atoms with Gasteiger partial charge in [-0.1, -0.05) is 115 Å². The number of rotatable bonds is 5. The molecule has 6 aromatic rings. The molecule has 0 aliphatic rings. The first-order chi connectivity index (χ1) is 17.8. The quantitative estimate of drug-likeness (QED) is 0.250. The van der Waals surface area contributed by atoms with Gasteiger partial charge in [-0.15, -0.1) is 0 Å². The van der Waals surface area contributed by atoms with Gasteiger partial charge in [-0.05, 0) is 74.8 Å². The molecule has 0 aliphatic heterocycles. The Morgan fingerprint density at radius 1 is 0.278 bits per heavy atom. The highest BCUT2D eigenvalue weighted by Gasteiger charge is 2.06. The SMILES string of the molecule is c1ccc(-c2cccc(-c3cccc(-c4ccc(-c5cccc(-c6ccccn6)c5)cc4)c3)c2)cc1. The Hall–Kier alpha value is -4.75. The van der Waals surface area contributed by atoms with Crippen molar-refractivity contribution in [3.63, 3.8) is 0 Å². The van der Waals surface area contributed by atoms with Crippen molar-refractivity contribution in [2.45, 2.75) is 0 Å². The Labute approximate surface area is 212 Å². The molecule has 0 radical (unpaired) electrons. The summed E-state index contributed by atoms with van der Waals surface area (Å²) in [7, 11) is 0. The number of hydrogen-bond donors (Lipinski definition) is 0. The van der Waals surface area contributed by atoms with Crippen molar-refractivity contribution in [1.29, 1.82) is 0 Å². The lowest BCUT2D eigenvalue weighted by Gasteiger charge is -2.10. The van der Waals surface area contributed by atoms with Crippen molar-refractivity contribution in [2.75, 3.05) is 0 Å². The summed E-state index contributed by atoms with van der Waals surface area (Å²) >= 11 is 0. The summed E-state index contributed by atoms with van der Waals surface area (Å²) in [6.07, 6.45) is 1.84. The highest BCUT2D eigenvalue weighted by Crippen LogP contribution is 2.31. The topological polar surface area (TPSA) is 12.9 Å². The van der Waals surface area contributed by atoms with Crippen LogP contribution in [0.2, 0.25) is 0 Å². The van der Waals surface area contributed by atoms with Crippen molar-refractivity contribution in [1.82, 2.24) is 4.98 Å². The van der Waals surface area contributed by atoms with Crippen LogP contribution in [0.5, 0.6) is 0 Å². The van der Waals surface area contributed by atoms with Crippen LogP contribution in [0.15, 0.2) is 152 Å². The zero-order valence-corrected chi connectivity index (χ0v) is 19.9. The molecule has 170 valence electrons. The molecule has 1 nitrogen and oxygen atoms in total. The Morgan fingerprint density at radius 3 is 1.17 bits per heavy atom. The number of pyridine rings is 1. The third kappa shape index (κ3) is 4.60. The van der Waals surface area contributed by atoms with E-state index in [0.29, 0.717) is 0 Å². The van der Waals surface area contributed by atoms with Crippen molar-refractivity contribution in [3.05, 3.63) is 152 Å². The average molecular weight is 460 g/mol. The lowest BCUT2D eigenvalue weighted by Crippen LogP contribution is -1.85. The minimum absolute atomic E-state index is 0.990. The molecule has 1 heteroatoms. The van der Waals surface area contributed by atoms with E-state index < -0.39 is 0 Å². The van der Waals surface area contributed by atoms with Gasteiger partial charge in [0.25, 0.3) is 0 Å². The lowest BCUT2D eigenvalue weighted by atomic mass is 9.95. The molecule has 0 fully saturated rings. The molecule has 6 rings (SSSR count). The van der Waals surface area contributed by atoms with Crippen LogP contribution in [0.4, 0.5) is 0 Å². The van der Waals surface area contributed by atoms with Crippen LogP contribution in [0.3, 0.4) is 0 Å². The van der Waals surface area contributed by atoms with Gasteiger partial charge in [-0.2, -0.15) is 0 Å². The fraction of sp³-hybridized carbons (Fsp3) is 0. The molecule has 0 unspecified atom stereocenters. The highest BCUT2D eigenvalue weighted by atomic mass is 14.7. The molecule has 0 saturated carbocycles. The third-order valence-electron chi connectivity index (χ3n) is 6.54. The van der Waals surface area contributed by atoms with Crippen molar-refractivity contribution >= 4 is 0 Å². The smallest absolute Gasteiger partial charge is 0.0702 e. The Morgan fingerprint density at radius 2 is 0.667 bits per heavy atom. The summed E-state index contributed by atoms with van der Waals surface area (Å²) in [6.45, 7) is 0. The summed E-state index contributed by atoms with van der Waals surface area (Å²) < 4.78 is 0. The van der Waals surface area contributed by atoms with Gasteiger partial charge in [-0.25, -0.2) is 0 Å². The second kappa shape index (κ2) is 9.85. The van der Waals surface area contributed by atoms with Crippen LogP contribution < -0.4 is 0 Å². The maximum Gasteiger partial charge on any atom is 0.0702 e. The Bertz CT molecular complexity index is 1600. The maximum atomic E-state index is 4.49. The zero-order valence-electron chi connectivity index (χ0n) is 19.9. The lowest BCUT2D eigenvalue weighted by molar-refractivity contribution is 1.33. The molecule has 0 aliphatic carbocycles. The second-order valence-electron chi connectivity index (χ2n) is 8.90. The van der Waals surface area contributed by atoms with E-state index in [1.54, 1.807) is 0 Å². The van der Waals surface area contributed by atoms with E-state index in [2.05, 4.69) is 132 Å². The maximum absolute atomic E-state index is 4.49. The third-order valence-corrected chi connectivity index (χ3v) is 6.54. The summed E-state index contributed by atoms with van der Waals surface area (Å²) in [5, 5.41) is 0. The Kier molecular flexibility index (Phi) is 5.96. The molecule has 0 N–H and O–H groups in total. The molecule has 36 heavy (non-hydrogen) atoms. The van der Waals surface area contributed by atoms with Crippen molar-refractivity contribution in [3.8, 4) is 55.8 Å².